The van der Waals surface area contributed by atoms with E-state index in [0.717, 1.165) is 19.4 Å². The first kappa shape index (κ1) is 11.8. The first-order valence-corrected chi connectivity index (χ1v) is 5.82. The first-order valence-electron chi connectivity index (χ1n) is 5.44. The summed E-state index contributed by atoms with van der Waals surface area (Å²) in [5.41, 5.74) is 6.23. The number of hydrogen-bond acceptors (Lipinski definition) is 2. The molecule has 4 heteroatoms. The summed E-state index contributed by atoms with van der Waals surface area (Å²) in [7, 11) is 0. The van der Waals surface area contributed by atoms with Gasteiger partial charge >= 0.3 is 0 Å². The molecule has 88 valence electrons. The third-order valence-electron chi connectivity index (χ3n) is 3.01. The van der Waals surface area contributed by atoms with Crippen LogP contribution in [0, 0.1) is 11.7 Å². The van der Waals surface area contributed by atoms with Crippen molar-refractivity contribution in [2.45, 2.75) is 25.6 Å². The molecule has 16 heavy (non-hydrogen) atoms. The van der Waals surface area contributed by atoms with E-state index in [2.05, 4.69) is 0 Å². The predicted molar refractivity (Wildman–Crippen MR) is 61.8 cm³/mol. The van der Waals surface area contributed by atoms with Crippen LogP contribution in [-0.4, -0.2) is 12.6 Å². The van der Waals surface area contributed by atoms with E-state index in [9.17, 15) is 4.39 Å². The van der Waals surface area contributed by atoms with Gasteiger partial charge in [-0.1, -0.05) is 11.6 Å². The number of benzene rings is 1. The van der Waals surface area contributed by atoms with E-state index in [0.29, 0.717) is 23.1 Å². The average molecular weight is 244 g/mol. The molecule has 0 amide bonds. The molecule has 1 aliphatic rings. The summed E-state index contributed by atoms with van der Waals surface area (Å²) in [6.07, 6.45) is 2.26. The van der Waals surface area contributed by atoms with Gasteiger partial charge in [-0.2, -0.15) is 0 Å². The van der Waals surface area contributed by atoms with E-state index in [1.165, 1.54) is 12.1 Å². The highest BCUT2D eigenvalue weighted by molar-refractivity contribution is 6.31. The smallest absolute Gasteiger partial charge is 0.123 e. The molecule has 1 aromatic carbocycles. The fraction of sp³-hybridized carbons (Fsp3) is 0.500. The first-order chi connectivity index (χ1) is 7.69. The molecule has 0 saturated heterocycles. The van der Waals surface area contributed by atoms with Crippen LogP contribution in [0.15, 0.2) is 18.2 Å². The highest BCUT2D eigenvalue weighted by Crippen LogP contribution is 2.30. The maximum atomic E-state index is 13.0. The Bertz CT molecular complexity index is 366. The Balaban J connectivity index is 1.83. The average Bonchev–Trinajstić information content (AvgIpc) is 2.21. The Hall–Kier alpha value is -0.640. The van der Waals surface area contributed by atoms with E-state index < -0.39 is 0 Å². The Morgan fingerprint density at radius 3 is 2.88 bits per heavy atom. The van der Waals surface area contributed by atoms with Crippen molar-refractivity contribution in [1.82, 2.24) is 0 Å². The van der Waals surface area contributed by atoms with E-state index in [4.69, 9.17) is 22.1 Å². The number of ether oxygens (including phenoxy) is 1. The molecule has 0 aromatic heterocycles. The standard InChI is InChI=1S/C12H15ClFNO/c13-12-2-1-10(14)5-9(12)7-16-11-3-8(4-11)6-15/h1-2,5,8,11H,3-4,6-7,15H2. The van der Waals surface area contributed by atoms with Gasteiger partial charge in [-0.3, -0.25) is 0 Å². The summed E-state index contributed by atoms with van der Waals surface area (Å²) in [6, 6.07) is 4.32. The van der Waals surface area contributed by atoms with Crippen LogP contribution < -0.4 is 5.73 Å². The number of rotatable bonds is 4. The topological polar surface area (TPSA) is 35.2 Å². The van der Waals surface area contributed by atoms with Gasteiger partial charge < -0.3 is 10.5 Å². The van der Waals surface area contributed by atoms with Crippen LogP contribution in [0.1, 0.15) is 18.4 Å². The quantitative estimate of drug-likeness (QED) is 0.883. The van der Waals surface area contributed by atoms with Crippen LogP contribution in [0.25, 0.3) is 0 Å². The molecule has 1 aliphatic carbocycles. The van der Waals surface area contributed by atoms with Crippen LogP contribution >= 0.6 is 11.6 Å². The van der Waals surface area contributed by atoms with Crippen molar-refractivity contribution in [3.05, 3.63) is 34.6 Å². The third kappa shape index (κ3) is 2.73. The SMILES string of the molecule is NCC1CC(OCc2cc(F)ccc2Cl)C1. The molecule has 0 atom stereocenters. The fourth-order valence-corrected chi connectivity index (χ4v) is 2.04. The predicted octanol–water partition coefficient (Wildman–Crippen LogP) is 2.73. The minimum Gasteiger partial charge on any atom is -0.373 e. The van der Waals surface area contributed by atoms with E-state index >= 15 is 0 Å². The molecule has 0 unspecified atom stereocenters. The lowest BCUT2D eigenvalue weighted by atomic mass is 9.82. The molecule has 2 N–H and O–H groups in total. The third-order valence-corrected chi connectivity index (χ3v) is 3.38. The molecule has 0 bridgehead atoms. The fourth-order valence-electron chi connectivity index (χ4n) is 1.86. The molecule has 0 heterocycles. The molecular weight excluding hydrogens is 229 g/mol. The number of halogens is 2. The summed E-state index contributed by atoms with van der Waals surface area (Å²) in [5, 5.41) is 0.552. The van der Waals surface area contributed by atoms with Crippen LogP contribution in [0.4, 0.5) is 4.39 Å². The molecule has 2 rings (SSSR count). The highest BCUT2D eigenvalue weighted by Gasteiger charge is 2.28. The molecule has 1 aromatic rings. The zero-order valence-corrected chi connectivity index (χ0v) is 9.71. The van der Waals surface area contributed by atoms with Crippen molar-refractivity contribution in [3.63, 3.8) is 0 Å². The molecule has 0 spiro atoms. The summed E-state index contributed by atoms with van der Waals surface area (Å²) in [4.78, 5) is 0. The van der Waals surface area contributed by atoms with Gasteiger partial charge in [0.05, 0.1) is 12.7 Å². The van der Waals surface area contributed by atoms with Gasteiger partial charge in [0.25, 0.3) is 0 Å². The second-order valence-corrected chi connectivity index (χ2v) is 4.65. The van der Waals surface area contributed by atoms with Gasteiger partial charge in [0.2, 0.25) is 0 Å². The molecule has 2 nitrogen and oxygen atoms in total. The second kappa shape index (κ2) is 5.13. The summed E-state index contributed by atoms with van der Waals surface area (Å²) in [6.45, 7) is 1.10. The van der Waals surface area contributed by atoms with Crippen molar-refractivity contribution >= 4 is 11.6 Å². The molecular formula is C12H15ClFNO. The Kier molecular flexibility index (Phi) is 3.79. The van der Waals surface area contributed by atoms with Crippen molar-refractivity contribution in [3.8, 4) is 0 Å². The number of hydrogen-bond donors (Lipinski definition) is 1. The molecule has 0 radical (unpaired) electrons. The van der Waals surface area contributed by atoms with Crippen LogP contribution in [0.5, 0.6) is 0 Å². The van der Waals surface area contributed by atoms with Crippen LogP contribution in [0.3, 0.4) is 0 Å². The van der Waals surface area contributed by atoms with Crippen molar-refractivity contribution in [1.29, 1.82) is 0 Å². The lowest BCUT2D eigenvalue weighted by molar-refractivity contribution is -0.0376. The summed E-state index contributed by atoms with van der Waals surface area (Å²) >= 11 is 5.93. The second-order valence-electron chi connectivity index (χ2n) is 4.24. The van der Waals surface area contributed by atoms with Gasteiger partial charge in [0.15, 0.2) is 0 Å². The van der Waals surface area contributed by atoms with Crippen molar-refractivity contribution in [2.75, 3.05) is 6.54 Å². The van der Waals surface area contributed by atoms with Gasteiger partial charge in [-0.05, 0) is 49.1 Å². The Morgan fingerprint density at radius 2 is 2.19 bits per heavy atom. The Labute approximate surface area is 99.5 Å². The minimum absolute atomic E-state index is 0.257. The Morgan fingerprint density at radius 1 is 1.44 bits per heavy atom. The largest absolute Gasteiger partial charge is 0.373 e. The highest BCUT2D eigenvalue weighted by atomic mass is 35.5. The monoisotopic (exact) mass is 243 g/mol. The molecule has 0 aliphatic heterocycles. The van der Waals surface area contributed by atoms with Gasteiger partial charge in [0.1, 0.15) is 5.82 Å². The van der Waals surface area contributed by atoms with Crippen molar-refractivity contribution < 1.29 is 9.13 Å². The molecule has 1 fully saturated rings. The van der Waals surface area contributed by atoms with Gasteiger partial charge in [-0.15, -0.1) is 0 Å². The maximum Gasteiger partial charge on any atom is 0.123 e. The van der Waals surface area contributed by atoms with E-state index in [1.807, 2.05) is 0 Å². The lowest BCUT2D eigenvalue weighted by Crippen LogP contribution is -2.35. The van der Waals surface area contributed by atoms with E-state index in [1.54, 1.807) is 6.07 Å². The zero-order chi connectivity index (χ0) is 11.5. The van der Waals surface area contributed by atoms with Crippen molar-refractivity contribution in [2.24, 2.45) is 11.7 Å². The number of nitrogens with two attached hydrogens (primary N) is 1. The minimum atomic E-state index is -0.281. The normalized spacial score (nSPS) is 24.2. The van der Waals surface area contributed by atoms with Gasteiger partial charge in [-0.25, -0.2) is 4.39 Å². The van der Waals surface area contributed by atoms with E-state index in [-0.39, 0.29) is 11.9 Å². The van der Waals surface area contributed by atoms with Crippen LogP contribution in [0.2, 0.25) is 5.02 Å². The summed E-state index contributed by atoms with van der Waals surface area (Å²) < 4.78 is 18.6. The summed E-state index contributed by atoms with van der Waals surface area (Å²) in [5.74, 6) is 0.310. The maximum absolute atomic E-state index is 13.0. The lowest BCUT2D eigenvalue weighted by Gasteiger charge is -2.34. The molecule has 1 saturated carbocycles. The zero-order valence-electron chi connectivity index (χ0n) is 8.96. The van der Waals surface area contributed by atoms with Gasteiger partial charge in [0, 0.05) is 5.02 Å². The van der Waals surface area contributed by atoms with Crippen LogP contribution in [-0.2, 0) is 11.3 Å².